The molecule has 2 rings (SSSR count). The summed E-state index contributed by atoms with van der Waals surface area (Å²) >= 11 is 1.95. The highest BCUT2D eigenvalue weighted by molar-refractivity contribution is 7.99. The maximum absolute atomic E-state index is 8.92. The van der Waals surface area contributed by atoms with Gasteiger partial charge in [0.2, 0.25) is 0 Å². The highest BCUT2D eigenvalue weighted by atomic mass is 32.2. The molecule has 0 spiro atoms. The van der Waals surface area contributed by atoms with Gasteiger partial charge in [0.25, 0.3) is 0 Å². The van der Waals surface area contributed by atoms with E-state index in [0.717, 1.165) is 16.6 Å². The second-order valence-electron chi connectivity index (χ2n) is 4.78. The van der Waals surface area contributed by atoms with E-state index in [0.29, 0.717) is 11.6 Å². The Bertz CT molecular complexity index is 453. The van der Waals surface area contributed by atoms with Crippen molar-refractivity contribution in [1.82, 2.24) is 0 Å². The van der Waals surface area contributed by atoms with Gasteiger partial charge in [-0.2, -0.15) is 17.0 Å². The summed E-state index contributed by atoms with van der Waals surface area (Å²) in [6, 6.07) is 8.03. The predicted molar refractivity (Wildman–Crippen MR) is 78.8 cm³/mol. The summed E-state index contributed by atoms with van der Waals surface area (Å²) in [7, 11) is 0. The number of nitriles is 1. The minimum atomic E-state index is 0.479. The van der Waals surface area contributed by atoms with Crippen molar-refractivity contribution in [3.05, 3.63) is 23.8 Å². The largest absolute Gasteiger partial charge is 0.397 e. The monoisotopic (exact) mass is 261 g/mol. The Kier molecular flexibility index (Phi) is 4.38. The van der Waals surface area contributed by atoms with Crippen LogP contribution < -0.4 is 11.1 Å². The Balaban J connectivity index is 2.07. The van der Waals surface area contributed by atoms with Crippen molar-refractivity contribution < 1.29 is 0 Å². The van der Waals surface area contributed by atoms with Gasteiger partial charge >= 0.3 is 0 Å². The molecule has 1 fully saturated rings. The Labute approximate surface area is 113 Å². The zero-order valence-corrected chi connectivity index (χ0v) is 11.5. The van der Waals surface area contributed by atoms with Crippen LogP contribution in [0, 0.1) is 11.3 Å². The number of nitrogens with zero attached hydrogens (tertiary/aromatic N) is 1. The molecule has 1 aliphatic carbocycles. The van der Waals surface area contributed by atoms with E-state index in [2.05, 4.69) is 17.6 Å². The molecule has 3 N–H and O–H groups in total. The van der Waals surface area contributed by atoms with Gasteiger partial charge in [0.15, 0.2) is 0 Å². The van der Waals surface area contributed by atoms with E-state index in [-0.39, 0.29) is 0 Å². The quantitative estimate of drug-likeness (QED) is 0.820. The number of thioether (sulfide) groups is 1. The summed E-state index contributed by atoms with van der Waals surface area (Å²) in [6.45, 7) is 0. The molecule has 0 aliphatic heterocycles. The van der Waals surface area contributed by atoms with E-state index in [1.807, 2.05) is 17.8 Å². The van der Waals surface area contributed by atoms with Crippen molar-refractivity contribution in [1.29, 1.82) is 5.26 Å². The number of rotatable bonds is 3. The van der Waals surface area contributed by atoms with Crippen molar-refractivity contribution in [3.63, 3.8) is 0 Å². The minimum absolute atomic E-state index is 0.479. The molecule has 1 aliphatic rings. The smallest absolute Gasteiger partial charge is 0.0992 e. The Morgan fingerprint density at radius 2 is 2.28 bits per heavy atom. The van der Waals surface area contributed by atoms with Crippen LogP contribution in [0.1, 0.15) is 31.2 Å². The molecule has 96 valence electrons. The van der Waals surface area contributed by atoms with Gasteiger partial charge in [-0.3, -0.25) is 0 Å². The van der Waals surface area contributed by atoms with Crippen LogP contribution in [0.25, 0.3) is 0 Å². The van der Waals surface area contributed by atoms with E-state index in [4.69, 9.17) is 11.0 Å². The fraction of sp³-hybridized carbons (Fsp3) is 0.500. The Morgan fingerprint density at radius 3 is 3.00 bits per heavy atom. The van der Waals surface area contributed by atoms with Crippen LogP contribution in [0.5, 0.6) is 0 Å². The topological polar surface area (TPSA) is 61.8 Å². The molecule has 2 unspecified atom stereocenters. The number of hydrogen-bond donors (Lipinski definition) is 2. The first-order valence-corrected chi connectivity index (χ1v) is 7.60. The number of hydrogen-bond acceptors (Lipinski definition) is 4. The van der Waals surface area contributed by atoms with Crippen molar-refractivity contribution in [3.8, 4) is 6.07 Å². The molecular weight excluding hydrogens is 242 g/mol. The van der Waals surface area contributed by atoms with Gasteiger partial charge in [0.1, 0.15) is 0 Å². The van der Waals surface area contributed by atoms with E-state index in [1.165, 1.54) is 25.7 Å². The predicted octanol–water partition coefficient (Wildman–Crippen LogP) is 3.23. The Morgan fingerprint density at radius 1 is 1.44 bits per heavy atom. The number of nitrogen functional groups attached to an aromatic ring is 1. The standard InChI is InChI=1S/C14H19N3S/c1-18-12-4-2-3-11(8-12)17-14-7-10(9-15)5-6-13(14)16/h5-7,11-12,17H,2-4,8,16H2,1H3. The average molecular weight is 261 g/mol. The van der Waals surface area contributed by atoms with E-state index in [1.54, 1.807) is 12.1 Å². The Hall–Kier alpha value is -1.34. The molecule has 2 atom stereocenters. The van der Waals surface area contributed by atoms with Gasteiger partial charge < -0.3 is 11.1 Å². The maximum atomic E-state index is 8.92. The second kappa shape index (κ2) is 6.01. The molecule has 1 aromatic rings. The first-order valence-electron chi connectivity index (χ1n) is 6.32. The summed E-state index contributed by atoms with van der Waals surface area (Å²) in [6.07, 6.45) is 7.12. The molecule has 3 nitrogen and oxygen atoms in total. The first-order chi connectivity index (χ1) is 8.72. The molecule has 18 heavy (non-hydrogen) atoms. The molecule has 0 saturated heterocycles. The lowest BCUT2D eigenvalue weighted by Crippen LogP contribution is -2.28. The van der Waals surface area contributed by atoms with Crippen molar-refractivity contribution in [2.45, 2.75) is 37.0 Å². The third kappa shape index (κ3) is 3.11. The molecule has 4 heteroatoms. The van der Waals surface area contributed by atoms with Crippen LogP contribution in [-0.4, -0.2) is 17.5 Å². The second-order valence-corrected chi connectivity index (χ2v) is 5.92. The fourth-order valence-corrected chi connectivity index (χ4v) is 3.29. The lowest BCUT2D eigenvalue weighted by atomic mass is 9.94. The summed E-state index contributed by atoms with van der Waals surface area (Å²) in [5.41, 5.74) is 8.23. The number of anilines is 2. The van der Waals surface area contributed by atoms with Crippen LogP contribution in [-0.2, 0) is 0 Å². The van der Waals surface area contributed by atoms with E-state index < -0.39 is 0 Å². The van der Waals surface area contributed by atoms with Gasteiger partial charge in [0.05, 0.1) is 23.0 Å². The van der Waals surface area contributed by atoms with Crippen LogP contribution >= 0.6 is 11.8 Å². The summed E-state index contributed by atoms with van der Waals surface area (Å²) < 4.78 is 0. The van der Waals surface area contributed by atoms with Crippen LogP contribution in [0.2, 0.25) is 0 Å². The SMILES string of the molecule is CSC1CCCC(Nc2cc(C#N)ccc2N)C1. The molecule has 0 heterocycles. The molecule has 0 bridgehead atoms. The maximum Gasteiger partial charge on any atom is 0.0992 e. The summed E-state index contributed by atoms with van der Waals surface area (Å²) in [5, 5.41) is 13.2. The van der Waals surface area contributed by atoms with Crippen LogP contribution in [0.4, 0.5) is 11.4 Å². The zero-order chi connectivity index (χ0) is 13.0. The third-order valence-electron chi connectivity index (χ3n) is 3.50. The van der Waals surface area contributed by atoms with Crippen molar-refractivity contribution in [2.75, 3.05) is 17.3 Å². The van der Waals surface area contributed by atoms with Gasteiger partial charge in [-0.15, -0.1) is 0 Å². The van der Waals surface area contributed by atoms with Gasteiger partial charge in [-0.1, -0.05) is 6.42 Å². The lowest BCUT2D eigenvalue weighted by molar-refractivity contribution is 0.474. The summed E-state index contributed by atoms with van der Waals surface area (Å²) in [4.78, 5) is 0. The van der Waals surface area contributed by atoms with Gasteiger partial charge in [0, 0.05) is 11.3 Å². The van der Waals surface area contributed by atoms with Crippen LogP contribution in [0.3, 0.4) is 0 Å². The molecular formula is C14H19N3S. The molecule has 0 amide bonds. The van der Waals surface area contributed by atoms with Crippen molar-refractivity contribution in [2.24, 2.45) is 0 Å². The van der Waals surface area contributed by atoms with E-state index >= 15 is 0 Å². The molecule has 1 saturated carbocycles. The van der Waals surface area contributed by atoms with Gasteiger partial charge in [-0.05, 0) is 43.7 Å². The highest BCUT2D eigenvalue weighted by Crippen LogP contribution is 2.30. The average Bonchev–Trinajstić information content (AvgIpc) is 2.41. The molecule has 0 aromatic heterocycles. The van der Waals surface area contributed by atoms with E-state index in [9.17, 15) is 0 Å². The molecule has 0 radical (unpaired) electrons. The lowest BCUT2D eigenvalue weighted by Gasteiger charge is -2.29. The number of nitrogens with two attached hydrogens (primary N) is 1. The number of nitrogens with one attached hydrogen (secondary N) is 1. The van der Waals surface area contributed by atoms with Crippen molar-refractivity contribution >= 4 is 23.1 Å². The fourth-order valence-electron chi connectivity index (χ4n) is 2.46. The first kappa shape index (κ1) is 13.1. The normalized spacial score (nSPS) is 23.3. The van der Waals surface area contributed by atoms with Crippen LogP contribution in [0.15, 0.2) is 18.2 Å². The highest BCUT2D eigenvalue weighted by Gasteiger charge is 2.21. The minimum Gasteiger partial charge on any atom is -0.397 e. The number of benzene rings is 1. The molecule has 1 aromatic carbocycles. The summed E-state index contributed by atoms with van der Waals surface area (Å²) in [5.74, 6) is 0. The third-order valence-corrected chi connectivity index (χ3v) is 4.60. The van der Waals surface area contributed by atoms with Gasteiger partial charge in [-0.25, -0.2) is 0 Å². The zero-order valence-electron chi connectivity index (χ0n) is 10.6.